The van der Waals surface area contributed by atoms with Gasteiger partial charge in [-0.05, 0) is 24.3 Å². The number of furan rings is 1. The van der Waals surface area contributed by atoms with Crippen LogP contribution in [0.4, 0.5) is 0 Å². The number of carboxylic acids is 1. The van der Waals surface area contributed by atoms with Crippen LogP contribution in [0.5, 0.6) is 0 Å². The van der Waals surface area contributed by atoms with Crippen LogP contribution in [0.15, 0.2) is 39.9 Å². The van der Waals surface area contributed by atoms with Gasteiger partial charge in [0.25, 0.3) is 0 Å². The summed E-state index contributed by atoms with van der Waals surface area (Å²) in [5, 5.41) is 9.43. The van der Waals surface area contributed by atoms with E-state index in [1.165, 1.54) is 31.1 Å². The molecule has 0 bridgehead atoms. The SMILES string of the molecule is COC(=O)c1ccc(CSc2ccc(C(=O)O)cn2)o1. The highest BCUT2D eigenvalue weighted by Gasteiger charge is 2.11. The van der Waals surface area contributed by atoms with Gasteiger partial charge in [-0.1, -0.05) is 11.8 Å². The molecule has 0 aliphatic rings. The van der Waals surface area contributed by atoms with Gasteiger partial charge < -0.3 is 14.3 Å². The molecule has 0 aromatic carbocycles. The van der Waals surface area contributed by atoms with Crippen molar-refractivity contribution in [2.45, 2.75) is 10.8 Å². The van der Waals surface area contributed by atoms with Crippen LogP contribution in [0, 0.1) is 0 Å². The Morgan fingerprint density at radius 3 is 2.75 bits per heavy atom. The van der Waals surface area contributed by atoms with Gasteiger partial charge in [0.2, 0.25) is 5.76 Å². The van der Waals surface area contributed by atoms with Gasteiger partial charge >= 0.3 is 11.9 Å². The second kappa shape index (κ2) is 6.25. The van der Waals surface area contributed by atoms with E-state index in [1.807, 2.05) is 0 Å². The Labute approximate surface area is 118 Å². The molecular formula is C13H11NO5S. The van der Waals surface area contributed by atoms with Crippen molar-refractivity contribution in [2.75, 3.05) is 7.11 Å². The molecule has 0 saturated carbocycles. The molecule has 1 N–H and O–H groups in total. The van der Waals surface area contributed by atoms with Crippen molar-refractivity contribution in [3.8, 4) is 0 Å². The molecule has 0 amide bonds. The predicted octanol–water partition coefficient (Wildman–Crippen LogP) is 2.45. The zero-order valence-corrected chi connectivity index (χ0v) is 11.3. The van der Waals surface area contributed by atoms with Crippen molar-refractivity contribution in [3.05, 3.63) is 47.5 Å². The third-order valence-electron chi connectivity index (χ3n) is 2.39. The number of thioether (sulfide) groups is 1. The Kier molecular flexibility index (Phi) is 4.41. The molecule has 7 heteroatoms. The lowest BCUT2D eigenvalue weighted by Gasteiger charge is -1.99. The molecule has 0 saturated heterocycles. The smallest absolute Gasteiger partial charge is 0.373 e. The largest absolute Gasteiger partial charge is 0.478 e. The van der Waals surface area contributed by atoms with Crippen LogP contribution in [0.3, 0.4) is 0 Å². The number of rotatable bonds is 5. The quantitative estimate of drug-likeness (QED) is 0.669. The first kappa shape index (κ1) is 14.1. The number of aromatic carboxylic acids is 1. The number of pyridine rings is 1. The maximum Gasteiger partial charge on any atom is 0.373 e. The molecule has 0 unspecified atom stereocenters. The molecule has 104 valence electrons. The van der Waals surface area contributed by atoms with Gasteiger partial charge in [-0.15, -0.1) is 0 Å². The first-order valence-electron chi connectivity index (χ1n) is 5.59. The monoisotopic (exact) mass is 293 g/mol. The van der Waals surface area contributed by atoms with Gasteiger partial charge in [-0.3, -0.25) is 0 Å². The highest BCUT2D eigenvalue weighted by Crippen LogP contribution is 2.22. The van der Waals surface area contributed by atoms with Gasteiger partial charge in [0, 0.05) is 6.20 Å². The van der Waals surface area contributed by atoms with E-state index in [9.17, 15) is 9.59 Å². The minimum atomic E-state index is -1.01. The number of hydrogen-bond donors (Lipinski definition) is 1. The van der Waals surface area contributed by atoms with Crippen LogP contribution in [0.1, 0.15) is 26.7 Å². The number of hydrogen-bond acceptors (Lipinski definition) is 6. The number of carbonyl (C=O) groups is 2. The molecule has 0 spiro atoms. The molecular weight excluding hydrogens is 282 g/mol. The lowest BCUT2D eigenvalue weighted by atomic mass is 10.3. The van der Waals surface area contributed by atoms with Crippen molar-refractivity contribution < 1.29 is 23.8 Å². The van der Waals surface area contributed by atoms with Crippen LogP contribution >= 0.6 is 11.8 Å². The summed E-state index contributed by atoms with van der Waals surface area (Å²) in [7, 11) is 1.28. The van der Waals surface area contributed by atoms with Gasteiger partial charge in [-0.2, -0.15) is 0 Å². The molecule has 0 atom stereocenters. The van der Waals surface area contributed by atoms with Gasteiger partial charge in [0.1, 0.15) is 5.76 Å². The molecule has 2 aromatic heterocycles. The van der Waals surface area contributed by atoms with Crippen molar-refractivity contribution >= 4 is 23.7 Å². The molecule has 2 heterocycles. The Bertz CT molecular complexity index is 620. The fourth-order valence-electron chi connectivity index (χ4n) is 1.40. The first-order chi connectivity index (χ1) is 9.60. The molecule has 0 aliphatic carbocycles. The van der Waals surface area contributed by atoms with Gasteiger partial charge in [0.15, 0.2) is 0 Å². The Hall–Kier alpha value is -2.28. The Morgan fingerprint density at radius 2 is 2.15 bits per heavy atom. The minimum Gasteiger partial charge on any atom is -0.478 e. The normalized spacial score (nSPS) is 10.2. The van der Waals surface area contributed by atoms with E-state index >= 15 is 0 Å². The summed E-state index contributed by atoms with van der Waals surface area (Å²) in [6, 6.07) is 6.34. The molecule has 0 radical (unpaired) electrons. The van der Waals surface area contributed by atoms with E-state index in [-0.39, 0.29) is 11.3 Å². The number of ether oxygens (including phenoxy) is 1. The zero-order valence-electron chi connectivity index (χ0n) is 10.5. The highest BCUT2D eigenvalue weighted by atomic mass is 32.2. The standard InChI is InChI=1S/C13H11NO5S/c1-18-13(17)10-4-3-9(19-10)7-20-11-5-2-8(6-14-11)12(15)16/h2-6H,7H2,1H3,(H,15,16). The van der Waals surface area contributed by atoms with Crippen molar-refractivity contribution in [1.82, 2.24) is 4.98 Å². The van der Waals surface area contributed by atoms with E-state index in [2.05, 4.69) is 9.72 Å². The number of carboxylic acid groups (broad SMARTS) is 1. The fraction of sp³-hybridized carbons (Fsp3) is 0.154. The van der Waals surface area contributed by atoms with Crippen LogP contribution < -0.4 is 0 Å². The average molecular weight is 293 g/mol. The lowest BCUT2D eigenvalue weighted by Crippen LogP contribution is -1.98. The molecule has 20 heavy (non-hydrogen) atoms. The fourth-order valence-corrected chi connectivity index (χ4v) is 2.14. The summed E-state index contributed by atoms with van der Waals surface area (Å²) >= 11 is 1.38. The summed E-state index contributed by atoms with van der Waals surface area (Å²) < 4.78 is 9.84. The van der Waals surface area contributed by atoms with E-state index < -0.39 is 11.9 Å². The highest BCUT2D eigenvalue weighted by molar-refractivity contribution is 7.98. The maximum atomic E-state index is 11.2. The number of nitrogens with zero attached hydrogens (tertiary/aromatic N) is 1. The number of aromatic nitrogens is 1. The maximum absolute atomic E-state index is 11.2. The molecule has 2 rings (SSSR count). The third kappa shape index (κ3) is 3.39. The molecule has 0 aliphatic heterocycles. The summed E-state index contributed by atoms with van der Waals surface area (Å²) in [6.45, 7) is 0. The summed E-state index contributed by atoms with van der Waals surface area (Å²) in [5.74, 6) is -0.291. The summed E-state index contributed by atoms with van der Waals surface area (Å²) in [6.07, 6.45) is 1.30. The Morgan fingerprint density at radius 1 is 1.35 bits per heavy atom. The number of methoxy groups -OCH3 is 1. The topological polar surface area (TPSA) is 89.6 Å². The summed E-state index contributed by atoms with van der Waals surface area (Å²) in [4.78, 5) is 25.9. The van der Waals surface area contributed by atoms with Gasteiger partial charge in [0.05, 0.1) is 23.5 Å². The van der Waals surface area contributed by atoms with E-state index in [0.717, 1.165) is 0 Å². The van der Waals surface area contributed by atoms with Crippen LogP contribution in [-0.4, -0.2) is 29.1 Å². The van der Waals surface area contributed by atoms with Crippen molar-refractivity contribution in [2.24, 2.45) is 0 Å². The summed E-state index contributed by atoms with van der Waals surface area (Å²) in [5.41, 5.74) is 0.139. The van der Waals surface area contributed by atoms with Gasteiger partial charge in [-0.25, -0.2) is 14.6 Å². The van der Waals surface area contributed by atoms with Crippen LogP contribution in [-0.2, 0) is 10.5 Å². The zero-order chi connectivity index (χ0) is 14.5. The van der Waals surface area contributed by atoms with E-state index in [4.69, 9.17) is 9.52 Å². The third-order valence-corrected chi connectivity index (χ3v) is 3.36. The van der Waals surface area contributed by atoms with Crippen molar-refractivity contribution in [3.63, 3.8) is 0 Å². The number of esters is 1. The molecule has 2 aromatic rings. The van der Waals surface area contributed by atoms with Crippen LogP contribution in [0.25, 0.3) is 0 Å². The second-order valence-corrected chi connectivity index (χ2v) is 4.73. The van der Waals surface area contributed by atoms with E-state index in [1.54, 1.807) is 18.2 Å². The molecule has 0 fully saturated rings. The average Bonchev–Trinajstić information content (AvgIpc) is 2.93. The predicted molar refractivity (Wildman–Crippen MR) is 70.8 cm³/mol. The second-order valence-electron chi connectivity index (χ2n) is 3.74. The van der Waals surface area contributed by atoms with Crippen molar-refractivity contribution in [1.29, 1.82) is 0 Å². The minimum absolute atomic E-state index is 0.139. The number of carbonyl (C=O) groups excluding carboxylic acids is 1. The Balaban J connectivity index is 1.96. The molecule has 6 nitrogen and oxygen atoms in total. The first-order valence-corrected chi connectivity index (χ1v) is 6.58. The lowest BCUT2D eigenvalue weighted by molar-refractivity contribution is 0.0563. The van der Waals surface area contributed by atoms with E-state index in [0.29, 0.717) is 16.5 Å². The van der Waals surface area contributed by atoms with Crippen LogP contribution in [0.2, 0.25) is 0 Å².